The average molecular weight is 229 g/mol. The van der Waals surface area contributed by atoms with Gasteiger partial charge < -0.3 is 9.30 Å². The first-order chi connectivity index (χ1) is 8.33. The maximum Gasteiger partial charge on any atom is 0.0593 e. The summed E-state index contributed by atoms with van der Waals surface area (Å²) in [7, 11) is 0. The molecule has 2 nitrogen and oxygen atoms in total. The van der Waals surface area contributed by atoms with Crippen molar-refractivity contribution in [3.8, 4) is 0 Å². The minimum absolute atomic E-state index is 0.484. The molecule has 2 heteroatoms. The van der Waals surface area contributed by atoms with Gasteiger partial charge in [0.1, 0.15) is 0 Å². The molecular formula is C15H19NO. The van der Waals surface area contributed by atoms with Gasteiger partial charge in [0, 0.05) is 24.9 Å². The second-order valence-electron chi connectivity index (χ2n) is 5.00. The Bertz CT molecular complexity index is 509. The van der Waals surface area contributed by atoms with E-state index in [-0.39, 0.29) is 0 Å². The summed E-state index contributed by atoms with van der Waals surface area (Å²) in [6.45, 7) is 4.16. The number of hydrogen-bond donors (Lipinski definition) is 0. The third-order valence-corrected chi connectivity index (χ3v) is 3.64. The van der Waals surface area contributed by atoms with Crippen molar-refractivity contribution >= 4 is 10.9 Å². The Hall–Kier alpha value is -1.28. The molecule has 1 aliphatic heterocycles. The molecule has 1 unspecified atom stereocenters. The third kappa shape index (κ3) is 2.22. The molecule has 0 amide bonds. The molecule has 0 radical (unpaired) electrons. The van der Waals surface area contributed by atoms with Crippen molar-refractivity contribution in [2.75, 3.05) is 6.61 Å². The van der Waals surface area contributed by atoms with E-state index in [1.54, 1.807) is 0 Å². The standard InChI is InChI=1S/C15H19NO/c1-12-4-5-15-13(11-12)6-8-16(15)9-7-14-3-2-10-17-14/h4-6,8,11,14H,2-3,7,9-10H2,1H3. The number of benzene rings is 1. The summed E-state index contributed by atoms with van der Waals surface area (Å²) in [5, 5.41) is 1.34. The van der Waals surface area contributed by atoms with Crippen LogP contribution in [0.2, 0.25) is 0 Å². The van der Waals surface area contributed by atoms with Gasteiger partial charge in [-0.1, -0.05) is 11.6 Å². The van der Waals surface area contributed by atoms with Crippen LogP contribution in [0.3, 0.4) is 0 Å². The second-order valence-corrected chi connectivity index (χ2v) is 5.00. The molecule has 1 aromatic carbocycles. The molecule has 1 fully saturated rings. The maximum absolute atomic E-state index is 5.67. The molecule has 3 rings (SSSR count). The van der Waals surface area contributed by atoms with Crippen molar-refractivity contribution < 1.29 is 4.74 Å². The number of rotatable bonds is 3. The monoisotopic (exact) mass is 229 g/mol. The molecule has 1 aromatic heterocycles. The molecule has 0 saturated carbocycles. The normalized spacial score (nSPS) is 20.2. The summed E-state index contributed by atoms with van der Waals surface area (Å²) in [5.41, 5.74) is 2.67. The molecule has 0 bridgehead atoms. The Morgan fingerprint density at radius 2 is 2.29 bits per heavy atom. The van der Waals surface area contributed by atoms with Crippen molar-refractivity contribution in [2.24, 2.45) is 0 Å². The Labute approximate surface area is 102 Å². The molecule has 2 aromatic rings. The zero-order valence-corrected chi connectivity index (χ0v) is 10.4. The number of aryl methyl sites for hydroxylation is 2. The lowest BCUT2D eigenvalue weighted by molar-refractivity contribution is 0.101. The summed E-state index contributed by atoms with van der Waals surface area (Å²) in [6.07, 6.45) is 6.28. The highest BCUT2D eigenvalue weighted by molar-refractivity contribution is 5.80. The van der Waals surface area contributed by atoms with E-state index in [0.29, 0.717) is 6.10 Å². The van der Waals surface area contributed by atoms with Gasteiger partial charge in [0.05, 0.1) is 6.10 Å². The maximum atomic E-state index is 5.67. The van der Waals surface area contributed by atoms with Gasteiger partial charge in [0.15, 0.2) is 0 Å². The molecule has 0 aliphatic carbocycles. The molecule has 1 aliphatic rings. The van der Waals surface area contributed by atoms with Gasteiger partial charge in [-0.05, 0) is 49.8 Å². The predicted molar refractivity (Wildman–Crippen MR) is 70.3 cm³/mol. The van der Waals surface area contributed by atoms with E-state index in [1.807, 2.05) is 0 Å². The zero-order chi connectivity index (χ0) is 11.7. The fourth-order valence-corrected chi connectivity index (χ4v) is 2.67. The number of fused-ring (bicyclic) bond motifs is 1. The van der Waals surface area contributed by atoms with Crippen molar-refractivity contribution in [3.05, 3.63) is 36.0 Å². The van der Waals surface area contributed by atoms with Crippen LogP contribution in [0.25, 0.3) is 10.9 Å². The molecule has 0 N–H and O–H groups in total. The topological polar surface area (TPSA) is 14.2 Å². The van der Waals surface area contributed by atoms with E-state index in [1.165, 1.54) is 29.3 Å². The molecule has 17 heavy (non-hydrogen) atoms. The number of nitrogens with zero attached hydrogens (tertiary/aromatic N) is 1. The highest BCUT2D eigenvalue weighted by Gasteiger charge is 2.15. The first-order valence-electron chi connectivity index (χ1n) is 6.50. The van der Waals surface area contributed by atoms with Crippen LogP contribution in [0.4, 0.5) is 0 Å². The summed E-state index contributed by atoms with van der Waals surface area (Å²) in [6, 6.07) is 8.86. The average Bonchev–Trinajstić information content (AvgIpc) is 2.94. The van der Waals surface area contributed by atoms with E-state index >= 15 is 0 Å². The van der Waals surface area contributed by atoms with Crippen LogP contribution in [0.15, 0.2) is 30.5 Å². The van der Waals surface area contributed by atoms with Crippen molar-refractivity contribution in [1.29, 1.82) is 0 Å². The van der Waals surface area contributed by atoms with Crippen LogP contribution in [-0.2, 0) is 11.3 Å². The summed E-state index contributed by atoms with van der Waals surface area (Å²) in [4.78, 5) is 0. The first kappa shape index (κ1) is 10.8. The zero-order valence-electron chi connectivity index (χ0n) is 10.4. The number of ether oxygens (including phenoxy) is 1. The van der Waals surface area contributed by atoms with Crippen LogP contribution in [0, 0.1) is 6.92 Å². The number of hydrogen-bond acceptors (Lipinski definition) is 1. The van der Waals surface area contributed by atoms with Crippen LogP contribution >= 0.6 is 0 Å². The van der Waals surface area contributed by atoms with E-state index in [4.69, 9.17) is 4.74 Å². The Morgan fingerprint density at radius 1 is 1.35 bits per heavy atom. The largest absolute Gasteiger partial charge is 0.378 e. The third-order valence-electron chi connectivity index (χ3n) is 3.64. The van der Waals surface area contributed by atoms with Gasteiger partial charge in [-0.3, -0.25) is 0 Å². The Kier molecular flexibility index (Phi) is 2.89. The van der Waals surface area contributed by atoms with Gasteiger partial charge in [0.2, 0.25) is 0 Å². The smallest absolute Gasteiger partial charge is 0.0593 e. The minimum atomic E-state index is 0.484. The molecule has 1 atom stereocenters. The van der Waals surface area contributed by atoms with E-state index in [2.05, 4.69) is 42.0 Å². The van der Waals surface area contributed by atoms with Gasteiger partial charge >= 0.3 is 0 Å². The molecule has 90 valence electrons. The SMILES string of the molecule is Cc1ccc2c(ccn2CCC2CCCO2)c1. The fraction of sp³-hybridized carbons (Fsp3) is 0.467. The fourth-order valence-electron chi connectivity index (χ4n) is 2.67. The van der Waals surface area contributed by atoms with Crippen LogP contribution in [-0.4, -0.2) is 17.3 Å². The first-order valence-corrected chi connectivity index (χ1v) is 6.50. The molecule has 2 heterocycles. The van der Waals surface area contributed by atoms with Gasteiger partial charge in [-0.15, -0.1) is 0 Å². The highest BCUT2D eigenvalue weighted by Crippen LogP contribution is 2.20. The van der Waals surface area contributed by atoms with Crippen molar-refractivity contribution in [2.45, 2.75) is 38.8 Å². The van der Waals surface area contributed by atoms with Crippen LogP contribution in [0.5, 0.6) is 0 Å². The van der Waals surface area contributed by atoms with Crippen LogP contribution in [0.1, 0.15) is 24.8 Å². The predicted octanol–water partition coefficient (Wildman–Crippen LogP) is 3.52. The van der Waals surface area contributed by atoms with Crippen molar-refractivity contribution in [3.63, 3.8) is 0 Å². The lowest BCUT2D eigenvalue weighted by Crippen LogP contribution is -2.09. The minimum Gasteiger partial charge on any atom is -0.378 e. The number of aromatic nitrogens is 1. The van der Waals surface area contributed by atoms with Gasteiger partial charge in [0.25, 0.3) is 0 Å². The van der Waals surface area contributed by atoms with E-state index in [0.717, 1.165) is 19.6 Å². The molecular weight excluding hydrogens is 210 g/mol. The Morgan fingerprint density at radius 3 is 3.12 bits per heavy atom. The van der Waals surface area contributed by atoms with Crippen molar-refractivity contribution in [1.82, 2.24) is 4.57 Å². The lowest BCUT2D eigenvalue weighted by Gasteiger charge is -2.10. The summed E-state index contributed by atoms with van der Waals surface area (Å²) >= 11 is 0. The molecule has 0 spiro atoms. The van der Waals surface area contributed by atoms with E-state index in [9.17, 15) is 0 Å². The summed E-state index contributed by atoms with van der Waals surface area (Å²) in [5.74, 6) is 0. The molecule has 1 saturated heterocycles. The van der Waals surface area contributed by atoms with Gasteiger partial charge in [-0.25, -0.2) is 0 Å². The lowest BCUT2D eigenvalue weighted by atomic mass is 10.1. The second kappa shape index (κ2) is 4.53. The van der Waals surface area contributed by atoms with Gasteiger partial charge in [-0.2, -0.15) is 0 Å². The van der Waals surface area contributed by atoms with E-state index < -0.39 is 0 Å². The van der Waals surface area contributed by atoms with Crippen LogP contribution < -0.4 is 0 Å². The summed E-state index contributed by atoms with van der Waals surface area (Å²) < 4.78 is 8.01. The highest BCUT2D eigenvalue weighted by atomic mass is 16.5. The Balaban J connectivity index is 1.76. The quantitative estimate of drug-likeness (QED) is 0.785.